The van der Waals surface area contributed by atoms with E-state index in [0.29, 0.717) is 12.1 Å². The molecule has 1 aliphatic carbocycles. The largest absolute Gasteiger partial charge is 0.367 e. The van der Waals surface area contributed by atoms with Crippen LogP contribution in [0, 0.1) is 6.92 Å². The second-order valence-electron chi connectivity index (χ2n) is 5.08. The van der Waals surface area contributed by atoms with Gasteiger partial charge in [-0.05, 0) is 43.6 Å². The molecule has 1 aliphatic rings. The standard InChI is InChI=1S/C13H18N4S/c1-8-6-18-13-11(8)12(15-7-16-13)17-10-4-2-9(14)3-5-10/h6-7,9-10H,2-5,14H2,1H3,(H,15,16,17). The molecule has 0 aliphatic heterocycles. The number of nitrogens with two attached hydrogens (primary N) is 1. The Morgan fingerprint density at radius 1 is 1.28 bits per heavy atom. The van der Waals surface area contributed by atoms with Gasteiger partial charge in [0.05, 0.1) is 5.39 Å². The van der Waals surface area contributed by atoms with E-state index in [4.69, 9.17) is 5.73 Å². The Morgan fingerprint density at radius 2 is 2.06 bits per heavy atom. The Balaban J connectivity index is 1.84. The number of hydrogen-bond acceptors (Lipinski definition) is 5. The predicted molar refractivity (Wildman–Crippen MR) is 76.0 cm³/mol. The van der Waals surface area contributed by atoms with Gasteiger partial charge in [-0.3, -0.25) is 0 Å². The van der Waals surface area contributed by atoms with Gasteiger partial charge in [-0.15, -0.1) is 11.3 Å². The molecule has 2 aromatic heterocycles. The van der Waals surface area contributed by atoms with E-state index in [1.54, 1.807) is 17.7 Å². The van der Waals surface area contributed by atoms with Gasteiger partial charge in [0.2, 0.25) is 0 Å². The maximum Gasteiger partial charge on any atom is 0.138 e. The molecule has 2 aromatic rings. The maximum atomic E-state index is 5.94. The smallest absolute Gasteiger partial charge is 0.138 e. The van der Waals surface area contributed by atoms with Gasteiger partial charge in [0.15, 0.2) is 0 Å². The van der Waals surface area contributed by atoms with Gasteiger partial charge in [0, 0.05) is 12.1 Å². The third-order valence-electron chi connectivity index (χ3n) is 3.67. The predicted octanol–water partition coefficient (Wildman–Crippen LogP) is 2.68. The monoisotopic (exact) mass is 262 g/mol. The molecule has 18 heavy (non-hydrogen) atoms. The van der Waals surface area contributed by atoms with E-state index in [2.05, 4.69) is 27.6 Å². The average molecular weight is 262 g/mol. The van der Waals surface area contributed by atoms with Gasteiger partial charge in [0.1, 0.15) is 17.0 Å². The zero-order chi connectivity index (χ0) is 12.5. The van der Waals surface area contributed by atoms with Gasteiger partial charge in [0.25, 0.3) is 0 Å². The van der Waals surface area contributed by atoms with Gasteiger partial charge in [-0.25, -0.2) is 9.97 Å². The van der Waals surface area contributed by atoms with Crippen LogP contribution < -0.4 is 11.1 Å². The highest BCUT2D eigenvalue weighted by molar-refractivity contribution is 7.17. The zero-order valence-corrected chi connectivity index (χ0v) is 11.3. The number of aromatic nitrogens is 2. The molecule has 0 unspecified atom stereocenters. The van der Waals surface area contributed by atoms with Crippen LogP contribution in [-0.2, 0) is 0 Å². The zero-order valence-electron chi connectivity index (χ0n) is 10.5. The van der Waals surface area contributed by atoms with Crippen molar-refractivity contribution in [1.29, 1.82) is 0 Å². The van der Waals surface area contributed by atoms with Crippen LogP contribution >= 0.6 is 11.3 Å². The summed E-state index contributed by atoms with van der Waals surface area (Å²) >= 11 is 1.68. The minimum atomic E-state index is 0.386. The minimum Gasteiger partial charge on any atom is -0.367 e. The van der Waals surface area contributed by atoms with Crippen molar-refractivity contribution in [3.63, 3.8) is 0 Å². The first-order valence-corrected chi connectivity index (χ1v) is 7.33. The Bertz CT molecular complexity index is 543. The Morgan fingerprint density at radius 3 is 2.83 bits per heavy atom. The molecule has 0 aromatic carbocycles. The molecule has 5 heteroatoms. The van der Waals surface area contributed by atoms with Gasteiger partial charge < -0.3 is 11.1 Å². The van der Waals surface area contributed by atoms with Crippen LogP contribution in [0.4, 0.5) is 5.82 Å². The average Bonchev–Trinajstić information content (AvgIpc) is 2.75. The highest BCUT2D eigenvalue weighted by Gasteiger charge is 2.19. The van der Waals surface area contributed by atoms with E-state index in [1.165, 1.54) is 10.9 Å². The number of fused-ring (bicyclic) bond motifs is 1. The lowest BCUT2D eigenvalue weighted by molar-refractivity contribution is 0.410. The second kappa shape index (κ2) is 4.82. The van der Waals surface area contributed by atoms with Crippen molar-refractivity contribution in [2.75, 3.05) is 5.32 Å². The van der Waals surface area contributed by atoms with E-state index < -0.39 is 0 Å². The molecular formula is C13H18N4S. The number of nitrogens with zero attached hydrogens (tertiary/aromatic N) is 2. The lowest BCUT2D eigenvalue weighted by atomic mass is 9.92. The normalized spacial score (nSPS) is 24.3. The van der Waals surface area contributed by atoms with Crippen molar-refractivity contribution in [3.8, 4) is 0 Å². The molecule has 0 bridgehead atoms. The first kappa shape index (κ1) is 11.9. The Hall–Kier alpha value is -1.20. The molecule has 3 rings (SSSR count). The molecule has 3 N–H and O–H groups in total. The minimum absolute atomic E-state index is 0.386. The fourth-order valence-electron chi connectivity index (χ4n) is 2.58. The summed E-state index contributed by atoms with van der Waals surface area (Å²) in [6.45, 7) is 2.12. The van der Waals surface area contributed by atoms with E-state index in [0.717, 1.165) is 36.3 Å². The van der Waals surface area contributed by atoms with Crippen molar-refractivity contribution in [1.82, 2.24) is 9.97 Å². The Kier molecular flexibility index (Phi) is 3.18. The summed E-state index contributed by atoms with van der Waals surface area (Å²) in [5.74, 6) is 0.985. The first-order chi connectivity index (χ1) is 8.74. The molecule has 0 spiro atoms. The van der Waals surface area contributed by atoms with Crippen molar-refractivity contribution in [3.05, 3.63) is 17.3 Å². The number of hydrogen-bond donors (Lipinski definition) is 2. The number of thiophene rings is 1. The lowest BCUT2D eigenvalue weighted by Crippen LogP contribution is -2.33. The van der Waals surface area contributed by atoms with Crippen LogP contribution in [0.15, 0.2) is 11.7 Å². The van der Waals surface area contributed by atoms with E-state index >= 15 is 0 Å². The van der Waals surface area contributed by atoms with E-state index in [1.807, 2.05) is 0 Å². The molecule has 0 saturated heterocycles. The molecule has 0 radical (unpaired) electrons. The van der Waals surface area contributed by atoms with Gasteiger partial charge in [-0.1, -0.05) is 0 Å². The quantitative estimate of drug-likeness (QED) is 0.873. The van der Waals surface area contributed by atoms with Crippen LogP contribution in [-0.4, -0.2) is 22.1 Å². The molecule has 96 valence electrons. The van der Waals surface area contributed by atoms with E-state index in [-0.39, 0.29) is 0 Å². The molecule has 1 fully saturated rings. The lowest BCUT2D eigenvalue weighted by Gasteiger charge is -2.27. The second-order valence-corrected chi connectivity index (χ2v) is 5.94. The van der Waals surface area contributed by atoms with Crippen molar-refractivity contribution in [2.45, 2.75) is 44.7 Å². The fraction of sp³-hybridized carbons (Fsp3) is 0.538. The summed E-state index contributed by atoms with van der Waals surface area (Å²) in [5, 5.41) is 6.89. The summed E-state index contributed by atoms with van der Waals surface area (Å²) in [5.41, 5.74) is 7.19. The number of rotatable bonds is 2. The molecular weight excluding hydrogens is 244 g/mol. The molecule has 0 amide bonds. The molecule has 2 heterocycles. The summed E-state index contributed by atoms with van der Waals surface area (Å²) in [7, 11) is 0. The van der Waals surface area contributed by atoms with Crippen molar-refractivity contribution >= 4 is 27.4 Å². The van der Waals surface area contributed by atoms with Gasteiger partial charge in [-0.2, -0.15) is 0 Å². The number of nitrogens with one attached hydrogen (secondary N) is 1. The first-order valence-electron chi connectivity index (χ1n) is 6.45. The number of anilines is 1. The molecule has 4 nitrogen and oxygen atoms in total. The van der Waals surface area contributed by atoms with Crippen LogP contribution in [0.3, 0.4) is 0 Å². The maximum absolute atomic E-state index is 5.94. The third-order valence-corrected chi connectivity index (χ3v) is 4.67. The highest BCUT2D eigenvalue weighted by atomic mass is 32.1. The Labute approximate surface area is 111 Å². The third kappa shape index (κ3) is 2.20. The van der Waals surface area contributed by atoms with Gasteiger partial charge >= 0.3 is 0 Å². The van der Waals surface area contributed by atoms with Crippen LogP contribution in [0.1, 0.15) is 31.2 Å². The van der Waals surface area contributed by atoms with Crippen LogP contribution in [0.25, 0.3) is 10.2 Å². The van der Waals surface area contributed by atoms with Crippen LogP contribution in [0.2, 0.25) is 0 Å². The number of aryl methyl sites for hydroxylation is 1. The summed E-state index contributed by atoms with van der Waals surface area (Å²) in [6.07, 6.45) is 6.13. The highest BCUT2D eigenvalue weighted by Crippen LogP contribution is 2.30. The topological polar surface area (TPSA) is 63.8 Å². The fourth-order valence-corrected chi connectivity index (χ4v) is 3.47. The van der Waals surface area contributed by atoms with E-state index in [9.17, 15) is 0 Å². The van der Waals surface area contributed by atoms with Crippen molar-refractivity contribution in [2.24, 2.45) is 5.73 Å². The van der Waals surface area contributed by atoms with Crippen LogP contribution in [0.5, 0.6) is 0 Å². The summed E-state index contributed by atoms with van der Waals surface area (Å²) in [6, 6.07) is 0.888. The summed E-state index contributed by atoms with van der Waals surface area (Å²) < 4.78 is 0. The SMILES string of the molecule is Cc1csc2ncnc(NC3CCC(N)CC3)c12. The summed E-state index contributed by atoms with van der Waals surface area (Å²) in [4.78, 5) is 9.79. The van der Waals surface area contributed by atoms with Crippen molar-refractivity contribution < 1.29 is 0 Å². The molecule has 0 atom stereocenters. The molecule has 1 saturated carbocycles.